The molecule has 5 nitrogen and oxygen atoms in total. The van der Waals surface area contributed by atoms with Crippen LogP contribution in [-0.4, -0.2) is 16.6 Å². The maximum absolute atomic E-state index is 10.7. The Bertz CT molecular complexity index is 472. The number of hydrogen-bond donors (Lipinski definition) is 2. The van der Waals surface area contributed by atoms with Crippen LogP contribution in [0.15, 0.2) is 12.1 Å². The molecule has 5 heteroatoms. The van der Waals surface area contributed by atoms with Crippen LogP contribution in [0.4, 0.5) is 11.4 Å². The van der Waals surface area contributed by atoms with E-state index in [9.17, 15) is 10.1 Å². The third-order valence-electron chi connectivity index (χ3n) is 2.03. The van der Waals surface area contributed by atoms with Crippen molar-refractivity contribution < 1.29 is 10.0 Å². The molecule has 1 aromatic carbocycles. The predicted octanol–water partition coefficient (Wildman–Crippen LogP) is 1.22. The molecule has 0 radical (unpaired) electrons. The second kappa shape index (κ2) is 5.14. The number of nitrogen functional groups attached to an aromatic ring is 1. The number of hydrogen-bond acceptors (Lipinski definition) is 4. The maximum atomic E-state index is 10.7. The minimum absolute atomic E-state index is 0.0248. The summed E-state index contributed by atoms with van der Waals surface area (Å²) in [5.41, 5.74) is 6.77. The third-order valence-corrected chi connectivity index (χ3v) is 2.03. The van der Waals surface area contributed by atoms with Crippen molar-refractivity contribution >= 4 is 11.4 Å². The number of anilines is 1. The summed E-state index contributed by atoms with van der Waals surface area (Å²) in [6, 6.07) is 3.03. The highest BCUT2D eigenvalue weighted by atomic mass is 16.6. The van der Waals surface area contributed by atoms with Crippen LogP contribution in [0, 0.1) is 28.9 Å². The van der Waals surface area contributed by atoms with Crippen LogP contribution < -0.4 is 5.73 Å². The van der Waals surface area contributed by atoms with Gasteiger partial charge in [-0.3, -0.25) is 10.1 Å². The average Bonchev–Trinajstić information content (AvgIpc) is 2.23. The zero-order chi connectivity index (χ0) is 12.1. The molecule has 0 amide bonds. The topological polar surface area (TPSA) is 89.4 Å². The van der Waals surface area contributed by atoms with Crippen LogP contribution in [-0.2, 0) is 0 Å². The van der Waals surface area contributed by atoms with Crippen molar-refractivity contribution in [2.24, 2.45) is 0 Å². The first kappa shape index (κ1) is 12.0. The molecule has 1 rings (SSSR count). The van der Waals surface area contributed by atoms with Crippen LogP contribution in [0.25, 0.3) is 0 Å². The van der Waals surface area contributed by atoms with Crippen LogP contribution >= 0.6 is 0 Å². The molecule has 0 heterocycles. The highest BCUT2D eigenvalue weighted by Gasteiger charge is 2.14. The number of aliphatic hydroxyl groups is 1. The molecule has 0 aliphatic carbocycles. The summed E-state index contributed by atoms with van der Waals surface area (Å²) in [4.78, 5) is 10.2. The van der Waals surface area contributed by atoms with Gasteiger partial charge in [0.2, 0.25) is 0 Å². The van der Waals surface area contributed by atoms with Gasteiger partial charge in [-0.2, -0.15) is 0 Å². The molecule has 0 saturated heterocycles. The van der Waals surface area contributed by atoms with E-state index < -0.39 is 4.92 Å². The van der Waals surface area contributed by atoms with Crippen LogP contribution in [0.2, 0.25) is 0 Å². The average molecular weight is 220 g/mol. The van der Waals surface area contributed by atoms with Gasteiger partial charge in [0.25, 0.3) is 5.69 Å². The highest BCUT2D eigenvalue weighted by Crippen LogP contribution is 2.26. The van der Waals surface area contributed by atoms with Gasteiger partial charge in [0.1, 0.15) is 5.69 Å². The summed E-state index contributed by atoms with van der Waals surface area (Å²) < 4.78 is 0. The molecule has 0 aliphatic rings. The molecule has 0 bridgehead atoms. The Balaban J connectivity index is 3.15. The lowest BCUT2D eigenvalue weighted by Gasteiger charge is -2.01. The Morgan fingerprint density at radius 2 is 2.25 bits per heavy atom. The molecule has 1 aromatic rings. The minimum atomic E-state index is -0.528. The lowest BCUT2D eigenvalue weighted by molar-refractivity contribution is -0.383. The highest BCUT2D eigenvalue weighted by molar-refractivity contribution is 5.66. The van der Waals surface area contributed by atoms with E-state index in [2.05, 4.69) is 11.8 Å². The number of nitro benzene ring substituents is 1. The number of nitrogens with two attached hydrogens (primary N) is 1. The fourth-order valence-corrected chi connectivity index (χ4v) is 1.22. The fraction of sp³-hybridized carbons (Fsp3) is 0.273. The van der Waals surface area contributed by atoms with Gasteiger partial charge in [0.15, 0.2) is 0 Å². The molecule has 3 N–H and O–H groups in total. The molecule has 0 spiro atoms. The van der Waals surface area contributed by atoms with Crippen molar-refractivity contribution in [1.82, 2.24) is 0 Å². The lowest BCUT2D eigenvalue weighted by Crippen LogP contribution is -1.98. The van der Waals surface area contributed by atoms with E-state index in [-0.39, 0.29) is 18.0 Å². The van der Waals surface area contributed by atoms with Crippen molar-refractivity contribution in [3.05, 3.63) is 33.4 Å². The maximum Gasteiger partial charge on any atom is 0.293 e. The number of aliphatic hydroxyl groups excluding tert-OH is 1. The summed E-state index contributed by atoms with van der Waals surface area (Å²) in [7, 11) is 0. The Morgan fingerprint density at radius 3 is 2.81 bits per heavy atom. The molecule has 0 aromatic heterocycles. The van der Waals surface area contributed by atoms with E-state index in [1.54, 1.807) is 13.0 Å². The first-order valence-electron chi connectivity index (χ1n) is 4.70. The summed E-state index contributed by atoms with van der Waals surface area (Å²) in [6.07, 6.45) is 0.344. The van der Waals surface area contributed by atoms with Gasteiger partial charge >= 0.3 is 0 Å². The second-order valence-electron chi connectivity index (χ2n) is 3.26. The van der Waals surface area contributed by atoms with Crippen molar-refractivity contribution in [3.63, 3.8) is 0 Å². The molecule has 84 valence electrons. The van der Waals surface area contributed by atoms with Crippen molar-refractivity contribution in [3.8, 4) is 11.8 Å². The van der Waals surface area contributed by atoms with Crippen LogP contribution in [0.5, 0.6) is 0 Å². The summed E-state index contributed by atoms with van der Waals surface area (Å²) >= 11 is 0. The summed E-state index contributed by atoms with van der Waals surface area (Å²) in [5.74, 6) is 5.44. The zero-order valence-corrected chi connectivity index (χ0v) is 8.86. The Hall–Kier alpha value is -2.06. The number of rotatable bonds is 2. The molecule has 16 heavy (non-hydrogen) atoms. The third kappa shape index (κ3) is 2.72. The number of benzene rings is 1. The van der Waals surface area contributed by atoms with E-state index in [0.29, 0.717) is 17.5 Å². The molecule has 0 saturated carbocycles. The van der Waals surface area contributed by atoms with Crippen LogP contribution in [0.3, 0.4) is 0 Å². The molecule has 0 atom stereocenters. The van der Waals surface area contributed by atoms with Crippen LogP contribution in [0.1, 0.15) is 17.5 Å². The van der Waals surface area contributed by atoms with E-state index in [0.717, 1.165) is 0 Å². The van der Waals surface area contributed by atoms with Gasteiger partial charge in [-0.1, -0.05) is 11.8 Å². The van der Waals surface area contributed by atoms with Gasteiger partial charge in [0.05, 0.1) is 11.5 Å². The largest absolute Gasteiger partial charge is 0.395 e. The van der Waals surface area contributed by atoms with Gasteiger partial charge in [-0.25, -0.2) is 0 Å². The number of nitrogens with zero attached hydrogens (tertiary/aromatic N) is 1. The van der Waals surface area contributed by atoms with E-state index in [1.807, 2.05) is 0 Å². The quantitative estimate of drug-likeness (QED) is 0.339. The van der Waals surface area contributed by atoms with Crippen molar-refractivity contribution in [2.45, 2.75) is 13.3 Å². The Kier molecular flexibility index (Phi) is 3.86. The van der Waals surface area contributed by atoms with E-state index >= 15 is 0 Å². The van der Waals surface area contributed by atoms with Crippen molar-refractivity contribution in [1.29, 1.82) is 0 Å². The molecular weight excluding hydrogens is 208 g/mol. The van der Waals surface area contributed by atoms with Gasteiger partial charge in [-0.05, 0) is 18.6 Å². The second-order valence-corrected chi connectivity index (χ2v) is 3.26. The summed E-state index contributed by atoms with van der Waals surface area (Å²) in [5, 5.41) is 19.2. The van der Waals surface area contributed by atoms with Gasteiger partial charge in [-0.15, -0.1) is 0 Å². The molecular formula is C11H12N2O3. The van der Waals surface area contributed by atoms with E-state index in [1.165, 1.54) is 6.07 Å². The van der Waals surface area contributed by atoms with E-state index in [4.69, 9.17) is 10.8 Å². The number of aryl methyl sites for hydroxylation is 1. The first-order valence-corrected chi connectivity index (χ1v) is 4.70. The monoisotopic (exact) mass is 220 g/mol. The SMILES string of the molecule is Cc1cc(C#CCCO)cc([N+](=O)[O-])c1N. The Morgan fingerprint density at radius 1 is 1.56 bits per heavy atom. The molecule has 0 unspecified atom stereocenters. The smallest absolute Gasteiger partial charge is 0.293 e. The Labute approximate surface area is 93.0 Å². The van der Waals surface area contributed by atoms with Gasteiger partial charge < -0.3 is 10.8 Å². The fourth-order valence-electron chi connectivity index (χ4n) is 1.22. The summed E-state index contributed by atoms with van der Waals surface area (Å²) in [6.45, 7) is 1.67. The number of nitro groups is 1. The normalized spacial score (nSPS) is 9.38. The zero-order valence-electron chi connectivity index (χ0n) is 8.86. The predicted molar refractivity (Wildman–Crippen MR) is 60.8 cm³/mol. The first-order chi connectivity index (χ1) is 7.56. The molecule has 0 aliphatic heterocycles. The minimum Gasteiger partial charge on any atom is -0.395 e. The lowest BCUT2D eigenvalue weighted by atomic mass is 10.1. The molecule has 0 fully saturated rings. The van der Waals surface area contributed by atoms with Gasteiger partial charge in [0, 0.05) is 18.1 Å². The standard InChI is InChI=1S/C11H12N2O3/c1-8-6-9(4-2-3-5-14)7-10(11(8)12)13(15)16/h6-7,14H,3,5,12H2,1H3. The van der Waals surface area contributed by atoms with Crippen molar-refractivity contribution in [2.75, 3.05) is 12.3 Å².